The third-order valence-corrected chi connectivity index (χ3v) is 16.5. The summed E-state index contributed by atoms with van der Waals surface area (Å²) in [6.45, 7) is 6.06. The highest BCUT2D eigenvalue weighted by molar-refractivity contribution is 5.49. The van der Waals surface area contributed by atoms with Gasteiger partial charge >= 0.3 is 0 Å². The largest absolute Gasteiger partial charge is 0.404 e. The minimum Gasteiger partial charge on any atom is -0.404 e. The van der Waals surface area contributed by atoms with E-state index in [0.717, 1.165) is 66.2 Å². The first-order chi connectivity index (χ1) is 25.7. The average molecular weight is 706 g/mol. The minimum absolute atomic E-state index is 0.647. The van der Waals surface area contributed by atoms with Crippen LogP contribution in [0.4, 0.5) is 0 Å². The number of nitrogens with two attached hydrogens (primary N) is 1. The number of hydrogen-bond acceptors (Lipinski definition) is 3. The Morgan fingerprint density at radius 3 is 2.52 bits per heavy atom. The van der Waals surface area contributed by atoms with Crippen molar-refractivity contribution in [2.24, 2.45) is 64.9 Å². The first-order valence-electron chi connectivity index (χ1n) is 23.0. The Bertz CT molecular complexity index is 1380. The first-order valence-corrected chi connectivity index (χ1v) is 23.0. The lowest BCUT2D eigenvalue weighted by Gasteiger charge is -2.50. The predicted octanol–water partition coefficient (Wildman–Crippen LogP) is 11.5. The van der Waals surface area contributed by atoms with Crippen LogP contribution in [0, 0.1) is 59.2 Å². The molecule has 1 aliphatic heterocycles. The number of allylic oxidation sites excluding steroid dienone is 9. The molecule has 0 aromatic carbocycles. The van der Waals surface area contributed by atoms with Gasteiger partial charge in [-0.1, -0.05) is 100 Å². The number of hydrogen-bond donors (Lipinski definition) is 3. The first kappa shape index (κ1) is 37.1. The van der Waals surface area contributed by atoms with Crippen LogP contribution >= 0.6 is 0 Å². The Morgan fingerprint density at radius 2 is 1.65 bits per heavy atom. The Morgan fingerprint density at radius 1 is 0.827 bits per heavy atom. The summed E-state index contributed by atoms with van der Waals surface area (Å²) in [5.41, 5.74) is 14.8. The van der Waals surface area contributed by atoms with E-state index in [0.29, 0.717) is 12.0 Å². The van der Waals surface area contributed by atoms with Gasteiger partial charge in [0.2, 0.25) is 0 Å². The highest BCUT2D eigenvalue weighted by Crippen LogP contribution is 2.55. The summed E-state index contributed by atoms with van der Waals surface area (Å²) in [6.07, 6.45) is 47.9. The molecular formula is C49H75N3. The summed E-state index contributed by atoms with van der Waals surface area (Å²) in [5.74, 6) is 8.28. The zero-order valence-corrected chi connectivity index (χ0v) is 33.1. The van der Waals surface area contributed by atoms with Crippen molar-refractivity contribution >= 4 is 0 Å². The molecule has 286 valence electrons. The molecule has 0 amide bonds. The summed E-state index contributed by atoms with van der Waals surface area (Å²) in [4.78, 5) is 0. The molecule has 6 fully saturated rings. The molecule has 1 saturated heterocycles. The van der Waals surface area contributed by atoms with Crippen molar-refractivity contribution < 1.29 is 0 Å². The molecule has 0 aromatic heterocycles. The van der Waals surface area contributed by atoms with Crippen LogP contribution in [0.1, 0.15) is 148 Å². The highest BCUT2D eigenvalue weighted by atomic mass is 14.9. The zero-order valence-electron chi connectivity index (χ0n) is 33.1. The molecule has 4 N–H and O–H groups in total. The molecule has 11 atom stereocenters. The van der Waals surface area contributed by atoms with Crippen LogP contribution in [0.5, 0.6) is 0 Å². The van der Waals surface area contributed by atoms with Crippen LogP contribution in [0.15, 0.2) is 70.5 Å². The van der Waals surface area contributed by atoms with Gasteiger partial charge in [0.25, 0.3) is 0 Å². The summed E-state index contributed by atoms with van der Waals surface area (Å²) in [7, 11) is 0. The van der Waals surface area contributed by atoms with E-state index in [-0.39, 0.29) is 0 Å². The summed E-state index contributed by atoms with van der Waals surface area (Å²) in [5, 5.41) is 7.79. The number of fused-ring (bicyclic) bond motifs is 5. The second kappa shape index (κ2) is 17.7. The maximum atomic E-state index is 6.53. The van der Waals surface area contributed by atoms with E-state index in [1.54, 1.807) is 16.7 Å². The van der Waals surface area contributed by atoms with Gasteiger partial charge < -0.3 is 16.4 Å². The molecule has 3 heteroatoms. The monoisotopic (exact) mass is 706 g/mol. The van der Waals surface area contributed by atoms with Gasteiger partial charge in [0.15, 0.2) is 0 Å². The fourth-order valence-corrected chi connectivity index (χ4v) is 13.7. The van der Waals surface area contributed by atoms with Gasteiger partial charge in [-0.25, -0.2) is 0 Å². The smallest absolute Gasteiger partial charge is 0.0208 e. The van der Waals surface area contributed by atoms with E-state index in [1.165, 1.54) is 159 Å². The van der Waals surface area contributed by atoms with Crippen molar-refractivity contribution in [1.82, 2.24) is 10.6 Å². The second-order valence-corrected chi connectivity index (χ2v) is 19.2. The molecule has 8 rings (SSSR count). The van der Waals surface area contributed by atoms with E-state index < -0.39 is 0 Å². The molecule has 0 spiro atoms. The third kappa shape index (κ3) is 8.22. The van der Waals surface area contributed by atoms with E-state index in [4.69, 9.17) is 5.73 Å². The van der Waals surface area contributed by atoms with Crippen LogP contribution < -0.4 is 16.4 Å². The quantitative estimate of drug-likeness (QED) is 0.177. The molecule has 52 heavy (non-hydrogen) atoms. The maximum Gasteiger partial charge on any atom is 0.0208 e. The Labute approximate surface area is 319 Å². The molecule has 7 aliphatic carbocycles. The van der Waals surface area contributed by atoms with Gasteiger partial charge in [-0.3, -0.25) is 0 Å². The molecule has 5 saturated carbocycles. The fraction of sp³-hybridized carbons (Fsp3) is 0.755. The molecule has 0 aromatic rings. The maximum absolute atomic E-state index is 6.53. The van der Waals surface area contributed by atoms with Crippen LogP contribution in [-0.4, -0.2) is 25.7 Å². The van der Waals surface area contributed by atoms with Crippen LogP contribution in [-0.2, 0) is 0 Å². The fourth-order valence-electron chi connectivity index (χ4n) is 13.7. The van der Waals surface area contributed by atoms with E-state index >= 15 is 0 Å². The highest BCUT2D eigenvalue weighted by Gasteiger charge is 2.45. The summed E-state index contributed by atoms with van der Waals surface area (Å²) in [6, 6.07) is 0.699. The van der Waals surface area contributed by atoms with Crippen molar-refractivity contribution in [3.8, 4) is 0 Å². The van der Waals surface area contributed by atoms with E-state index in [2.05, 4.69) is 54.0 Å². The zero-order chi connectivity index (χ0) is 35.3. The van der Waals surface area contributed by atoms with Crippen molar-refractivity contribution in [2.75, 3.05) is 19.6 Å². The predicted molar refractivity (Wildman–Crippen MR) is 221 cm³/mol. The lowest BCUT2D eigenvalue weighted by atomic mass is 9.55. The standard InChI is InChI=1S/C49H75N3/c1-34(24-25-39(38(31-50)16-10-12-35-28-29-51-32-35)33-52-49-23-11-15-36-13-2-5-18-42(36)49)40-26-27-47(45-21-8-6-19-43(40)45)48-30-37-14-3-4-17-41(37)44-20-7-9-22-46(44)48/h7,9,20,22,25,30-31,34-36,40-45,47,49,51-52H,2-6,8,10-19,21,23-24,26-29,32-33,50H2,1H3/b38-31+,39-25+/t34?,35-,36?,40?,41?,42?,43?,44?,45?,47?,49?/m0/s1. The summed E-state index contributed by atoms with van der Waals surface area (Å²) >= 11 is 0. The third-order valence-electron chi connectivity index (χ3n) is 16.5. The number of rotatable bonds is 12. The van der Waals surface area contributed by atoms with Gasteiger partial charge in [-0.05, 0) is 185 Å². The number of nitrogens with one attached hydrogen (secondary N) is 2. The average Bonchev–Trinajstić information content (AvgIpc) is 3.73. The van der Waals surface area contributed by atoms with Gasteiger partial charge in [-0.15, -0.1) is 0 Å². The van der Waals surface area contributed by atoms with Gasteiger partial charge in [0.05, 0.1) is 0 Å². The van der Waals surface area contributed by atoms with Crippen molar-refractivity contribution in [1.29, 1.82) is 0 Å². The molecule has 8 aliphatic rings. The van der Waals surface area contributed by atoms with Gasteiger partial charge in [0.1, 0.15) is 0 Å². The van der Waals surface area contributed by atoms with Gasteiger partial charge in [0, 0.05) is 18.5 Å². The molecule has 10 unspecified atom stereocenters. The Hall–Kier alpha value is -1.84. The molecule has 1 heterocycles. The van der Waals surface area contributed by atoms with E-state index in [1.807, 2.05) is 6.20 Å². The Kier molecular flexibility index (Phi) is 12.7. The molecule has 3 nitrogen and oxygen atoms in total. The normalized spacial score (nSPS) is 38.6. The lowest BCUT2D eigenvalue weighted by molar-refractivity contribution is 0.0385. The molecular weight excluding hydrogens is 631 g/mol. The lowest BCUT2D eigenvalue weighted by Crippen LogP contribution is -2.44. The SMILES string of the molecule is CC(C/C=C(CNC1CCCC2CCCCC21)/C(=C/N)CCC[C@H]1CCNC1)C1CCC(C2=C3C=CC=CC3C3CCCCC3=C2)C2CCCCC12. The van der Waals surface area contributed by atoms with Crippen LogP contribution in [0.2, 0.25) is 0 Å². The Balaban J connectivity index is 0.975. The van der Waals surface area contributed by atoms with Crippen molar-refractivity contribution in [2.45, 2.75) is 154 Å². The van der Waals surface area contributed by atoms with Gasteiger partial charge in [-0.2, -0.15) is 0 Å². The second-order valence-electron chi connectivity index (χ2n) is 19.2. The topological polar surface area (TPSA) is 50.1 Å². The summed E-state index contributed by atoms with van der Waals surface area (Å²) < 4.78 is 0. The van der Waals surface area contributed by atoms with Crippen molar-refractivity contribution in [3.05, 3.63) is 70.5 Å². The van der Waals surface area contributed by atoms with E-state index in [9.17, 15) is 0 Å². The van der Waals surface area contributed by atoms with Crippen molar-refractivity contribution in [3.63, 3.8) is 0 Å². The molecule has 0 bridgehead atoms. The molecule has 0 radical (unpaired) electrons. The van der Waals surface area contributed by atoms with Crippen LogP contribution in [0.3, 0.4) is 0 Å². The van der Waals surface area contributed by atoms with Crippen LogP contribution in [0.25, 0.3) is 0 Å². The minimum atomic E-state index is 0.647.